The number of nitrogens with one attached hydrogen (secondary N) is 1. The van der Waals surface area contributed by atoms with E-state index in [2.05, 4.69) is 10.3 Å². The summed E-state index contributed by atoms with van der Waals surface area (Å²) in [6.45, 7) is 1.42. The Labute approximate surface area is 148 Å². The molecule has 0 radical (unpaired) electrons. The summed E-state index contributed by atoms with van der Waals surface area (Å²) in [5.74, 6) is -0.0131. The Hall–Kier alpha value is -2.32. The normalized spacial score (nSPS) is 22.0. The summed E-state index contributed by atoms with van der Waals surface area (Å²) in [7, 11) is 0. The predicted octanol–water partition coefficient (Wildman–Crippen LogP) is 2.00. The van der Waals surface area contributed by atoms with Crippen LogP contribution in [0.2, 0.25) is 0 Å². The molecular weight excluding hydrogens is 351 g/mol. The molecule has 1 atom stereocenters. The molecule has 2 aliphatic rings. The molecule has 3 rings (SSSR count). The zero-order chi connectivity index (χ0) is 18.7. The fraction of sp³-hybridized carbons (Fsp3) is 0.588. The minimum atomic E-state index is -4.42. The van der Waals surface area contributed by atoms with Gasteiger partial charge >= 0.3 is 6.18 Å². The highest BCUT2D eigenvalue weighted by Gasteiger charge is 2.32. The number of alkyl halides is 3. The molecule has 2 fully saturated rings. The molecule has 1 aromatic rings. The molecule has 2 aliphatic heterocycles. The number of piperidine rings is 2. The summed E-state index contributed by atoms with van der Waals surface area (Å²) in [5.41, 5.74) is -0.815. The summed E-state index contributed by atoms with van der Waals surface area (Å²) in [6, 6.07) is 2.16. The molecule has 3 heterocycles. The van der Waals surface area contributed by atoms with Crippen molar-refractivity contribution in [2.24, 2.45) is 5.92 Å². The maximum Gasteiger partial charge on any atom is 0.417 e. The van der Waals surface area contributed by atoms with Crippen LogP contribution in [0.3, 0.4) is 0 Å². The van der Waals surface area contributed by atoms with Crippen molar-refractivity contribution in [3.63, 3.8) is 0 Å². The summed E-state index contributed by atoms with van der Waals surface area (Å²) in [6.07, 6.45) is -1.73. The van der Waals surface area contributed by atoms with Crippen molar-refractivity contribution in [3.8, 4) is 5.88 Å². The first kappa shape index (κ1) is 18.5. The number of pyridine rings is 1. The van der Waals surface area contributed by atoms with E-state index >= 15 is 0 Å². The average Bonchev–Trinajstić information content (AvgIpc) is 2.62. The van der Waals surface area contributed by atoms with Gasteiger partial charge in [0.15, 0.2) is 0 Å². The van der Waals surface area contributed by atoms with Gasteiger partial charge in [0, 0.05) is 51.2 Å². The van der Waals surface area contributed by atoms with Crippen LogP contribution in [0, 0.1) is 5.92 Å². The SMILES string of the molecule is O=C1CCC(C(=O)N2CCC(Oc3ccc(C(F)(F)F)cn3)CC2)CN1. The number of amides is 2. The Balaban J connectivity index is 1.48. The Bertz CT molecular complexity index is 645. The van der Waals surface area contributed by atoms with Crippen LogP contribution >= 0.6 is 0 Å². The van der Waals surface area contributed by atoms with Gasteiger partial charge in [-0.15, -0.1) is 0 Å². The molecule has 0 aliphatic carbocycles. The molecular formula is C17H20F3N3O3. The van der Waals surface area contributed by atoms with Crippen LogP contribution in [0.15, 0.2) is 18.3 Å². The van der Waals surface area contributed by atoms with Gasteiger partial charge in [-0.25, -0.2) is 4.98 Å². The molecule has 1 unspecified atom stereocenters. The van der Waals surface area contributed by atoms with E-state index in [-0.39, 0.29) is 29.7 Å². The highest BCUT2D eigenvalue weighted by atomic mass is 19.4. The lowest BCUT2D eigenvalue weighted by molar-refractivity contribution is -0.139. The third-order valence-electron chi connectivity index (χ3n) is 4.72. The van der Waals surface area contributed by atoms with Gasteiger partial charge < -0.3 is 15.0 Å². The molecule has 1 N–H and O–H groups in total. The standard InChI is InChI=1S/C17H20F3N3O3/c18-17(19,20)12-2-4-15(22-10-12)26-13-5-7-23(8-6-13)16(25)11-1-3-14(24)21-9-11/h2,4,10-11,13H,1,3,5-9H2,(H,21,24). The third kappa shape index (κ3) is 4.44. The van der Waals surface area contributed by atoms with E-state index in [4.69, 9.17) is 4.74 Å². The maximum absolute atomic E-state index is 12.5. The average molecular weight is 371 g/mol. The molecule has 2 amide bonds. The molecule has 0 saturated carbocycles. The number of nitrogens with zero attached hydrogens (tertiary/aromatic N) is 2. The largest absolute Gasteiger partial charge is 0.474 e. The second kappa shape index (κ2) is 7.51. The van der Waals surface area contributed by atoms with E-state index in [1.54, 1.807) is 4.90 Å². The number of rotatable bonds is 3. The minimum Gasteiger partial charge on any atom is -0.474 e. The van der Waals surface area contributed by atoms with Gasteiger partial charge in [-0.1, -0.05) is 0 Å². The minimum absolute atomic E-state index is 0.0230. The molecule has 9 heteroatoms. The molecule has 26 heavy (non-hydrogen) atoms. The highest BCUT2D eigenvalue weighted by molar-refractivity contribution is 5.83. The van der Waals surface area contributed by atoms with Crippen LogP contribution in [-0.4, -0.2) is 47.4 Å². The molecule has 142 valence electrons. The number of aromatic nitrogens is 1. The van der Waals surface area contributed by atoms with Crippen molar-refractivity contribution >= 4 is 11.8 Å². The summed E-state index contributed by atoms with van der Waals surface area (Å²) < 4.78 is 43.2. The summed E-state index contributed by atoms with van der Waals surface area (Å²) in [5, 5.41) is 2.71. The van der Waals surface area contributed by atoms with Crippen molar-refractivity contribution in [3.05, 3.63) is 23.9 Å². The highest BCUT2D eigenvalue weighted by Crippen LogP contribution is 2.29. The number of ether oxygens (including phenoxy) is 1. The molecule has 1 aromatic heterocycles. The van der Waals surface area contributed by atoms with E-state index in [1.165, 1.54) is 6.07 Å². The zero-order valence-electron chi connectivity index (χ0n) is 14.1. The van der Waals surface area contributed by atoms with Gasteiger partial charge in [0.05, 0.1) is 11.5 Å². The monoisotopic (exact) mass is 371 g/mol. The number of halogens is 3. The fourth-order valence-electron chi connectivity index (χ4n) is 3.18. The first-order valence-electron chi connectivity index (χ1n) is 8.58. The first-order chi connectivity index (χ1) is 12.3. The number of hydrogen-bond acceptors (Lipinski definition) is 4. The number of likely N-dealkylation sites (tertiary alicyclic amines) is 1. The van der Waals surface area contributed by atoms with E-state index < -0.39 is 11.7 Å². The lowest BCUT2D eigenvalue weighted by Gasteiger charge is -2.35. The lowest BCUT2D eigenvalue weighted by Crippen LogP contribution is -2.48. The van der Waals surface area contributed by atoms with E-state index in [1.807, 2.05) is 0 Å². The molecule has 6 nitrogen and oxygen atoms in total. The van der Waals surface area contributed by atoms with Crippen molar-refractivity contribution in [1.29, 1.82) is 0 Å². The topological polar surface area (TPSA) is 71.5 Å². The third-order valence-corrected chi connectivity index (χ3v) is 4.72. The van der Waals surface area contributed by atoms with Crippen molar-refractivity contribution in [1.82, 2.24) is 15.2 Å². The van der Waals surface area contributed by atoms with E-state index in [0.717, 1.165) is 12.3 Å². The predicted molar refractivity (Wildman–Crippen MR) is 85.2 cm³/mol. The van der Waals surface area contributed by atoms with Crippen LogP contribution in [0.4, 0.5) is 13.2 Å². The van der Waals surface area contributed by atoms with Gasteiger partial charge in [-0.3, -0.25) is 9.59 Å². The van der Waals surface area contributed by atoms with Gasteiger partial charge in [0.2, 0.25) is 17.7 Å². The van der Waals surface area contributed by atoms with E-state index in [0.29, 0.717) is 45.3 Å². The molecule has 0 spiro atoms. The summed E-state index contributed by atoms with van der Waals surface area (Å²) in [4.78, 5) is 29.1. The van der Waals surface area contributed by atoms with E-state index in [9.17, 15) is 22.8 Å². The molecule has 0 aromatic carbocycles. The van der Waals surface area contributed by atoms with Crippen LogP contribution in [0.1, 0.15) is 31.2 Å². The Morgan fingerprint density at radius 2 is 1.96 bits per heavy atom. The molecule has 0 bridgehead atoms. The van der Waals surface area contributed by atoms with Gasteiger partial charge in [0.1, 0.15) is 6.10 Å². The Morgan fingerprint density at radius 3 is 2.50 bits per heavy atom. The van der Waals surface area contributed by atoms with Crippen molar-refractivity contribution < 1.29 is 27.5 Å². The van der Waals surface area contributed by atoms with Gasteiger partial charge in [-0.05, 0) is 12.5 Å². The Kier molecular flexibility index (Phi) is 5.33. The fourth-order valence-corrected chi connectivity index (χ4v) is 3.18. The van der Waals surface area contributed by atoms with Crippen molar-refractivity contribution in [2.75, 3.05) is 19.6 Å². The number of carbonyl (C=O) groups excluding carboxylic acids is 2. The maximum atomic E-state index is 12.5. The van der Waals surface area contributed by atoms with Crippen LogP contribution in [-0.2, 0) is 15.8 Å². The summed E-state index contributed by atoms with van der Waals surface area (Å²) >= 11 is 0. The van der Waals surface area contributed by atoms with Gasteiger partial charge in [0.25, 0.3) is 0 Å². The molecule has 2 saturated heterocycles. The van der Waals surface area contributed by atoms with Gasteiger partial charge in [-0.2, -0.15) is 13.2 Å². The lowest BCUT2D eigenvalue weighted by atomic mass is 9.96. The second-order valence-corrected chi connectivity index (χ2v) is 6.57. The quantitative estimate of drug-likeness (QED) is 0.882. The van der Waals surface area contributed by atoms with Crippen LogP contribution < -0.4 is 10.1 Å². The second-order valence-electron chi connectivity index (χ2n) is 6.57. The number of carbonyl (C=O) groups is 2. The van der Waals surface area contributed by atoms with Crippen LogP contribution in [0.5, 0.6) is 5.88 Å². The smallest absolute Gasteiger partial charge is 0.417 e. The van der Waals surface area contributed by atoms with Crippen molar-refractivity contribution in [2.45, 2.75) is 38.0 Å². The zero-order valence-corrected chi connectivity index (χ0v) is 14.1. The van der Waals surface area contributed by atoms with Crippen LogP contribution in [0.25, 0.3) is 0 Å². The first-order valence-corrected chi connectivity index (χ1v) is 8.58. The number of hydrogen-bond donors (Lipinski definition) is 1. The Morgan fingerprint density at radius 1 is 1.23 bits per heavy atom.